The van der Waals surface area contributed by atoms with Gasteiger partial charge in [0.25, 0.3) is 5.91 Å². The molecule has 196 valence electrons. The normalized spacial score (nSPS) is 16.1. The number of carbonyl (C=O) groups excluding carboxylic acids is 1. The fourth-order valence-electron chi connectivity index (χ4n) is 5.26. The van der Waals surface area contributed by atoms with Crippen LogP contribution in [0.2, 0.25) is 0 Å². The van der Waals surface area contributed by atoms with Crippen LogP contribution in [-0.2, 0) is 17.8 Å². The van der Waals surface area contributed by atoms with Gasteiger partial charge < -0.3 is 5.32 Å². The smallest absolute Gasteiger partial charge is 0.280 e. The lowest BCUT2D eigenvalue weighted by molar-refractivity contribution is -0.114. The maximum Gasteiger partial charge on any atom is 0.280 e. The minimum atomic E-state index is -0.595. The second-order valence-electron chi connectivity index (χ2n) is 9.70. The SMILES string of the molecule is CCCNCc1ccccc1N1N=C2C(=CC(Cc3ccc(-n4cccn4)cc3)c3c(F)ccc(F)c32)C1=O. The van der Waals surface area contributed by atoms with Gasteiger partial charge in [-0.05, 0) is 66.9 Å². The number of fused-ring (bicyclic) bond motifs is 3. The summed E-state index contributed by atoms with van der Waals surface area (Å²) in [5.41, 5.74) is 4.10. The molecule has 0 saturated carbocycles. The van der Waals surface area contributed by atoms with Crippen molar-refractivity contribution in [2.75, 3.05) is 11.6 Å². The van der Waals surface area contributed by atoms with Gasteiger partial charge in [-0.3, -0.25) is 4.79 Å². The quantitative estimate of drug-likeness (QED) is 0.303. The standard InChI is InChI=1S/C31H27F2N5O/c1-2-14-34-19-21-6-3-4-7-27(21)38-31(39)24-18-22(28-25(32)12-13-26(33)29(28)30(24)36-38)17-20-8-10-23(11-9-20)37-16-5-15-35-37/h3-13,15-16,18,22,34H,2,14,17,19H2,1H3. The van der Waals surface area contributed by atoms with Gasteiger partial charge in [0.15, 0.2) is 0 Å². The Hall–Kier alpha value is -4.43. The van der Waals surface area contributed by atoms with Gasteiger partial charge in [0.1, 0.15) is 17.3 Å². The summed E-state index contributed by atoms with van der Waals surface area (Å²) in [6, 6.07) is 19.3. The average Bonchev–Trinajstić information content (AvgIpc) is 3.60. The van der Waals surface area contributed by atoms with E-state index in [1.54, 1.807) is 17.0 Å². The van der Waals surface area contributed by atoms with Crippen molar-refractivity contribution in [2.45, 2.75) is 32.2 Å². The van der Waals surface area contributed by atoms with E-state index in [0.717, 1.165) is 41.9 Å². The van der Waals surface area contributed by atoms with Crippen LogP contribution in [0, 0.1) is 11.6 Å². The minimum Gasteiger partial charge on any atom is -0.313 e. The summed E-state index contributed by atoms with van der Waals surface area (Å²) in [5.74, 6) is -1.99. The molecule has 3 aromatic carbocycles. The van der Waals surface area contributed by atoms with Crippen LogP contribution >= 0.6 is 0 Å². The molecule has 6 rings (SSSR count). The Bertz CT molecular complexity index is 1590. The lowest BCUT2D eigenvalue weighted by Gasteiger charge is -2.24. The summed E-state index contributed by atoms with van der Waals surface area (Å²) < 4.78 is 32.4. The van der Waals surface area contributed by atoms with E-state index in [4.69, 9.17) is 0 Å². The molecule has 6 nitrogen and oxygen atoms in total. The van der Waals surface area contributed by atoms with E-state index in [1.165, 1.54) is 5.01 Å². The van der Waals surface area contributed by atoms with Crippen LogP contribution in [0.15, 0.2) is 95.9 Å². The largest absolute Gasteiger partial charge is 0.313 e. The molecule has 8 heteroatoms. The summed E-state index contributed by atoms with van der Waals surface area (Å²) in [5, 5.41) is 13.5. The molecule has 0 spiro atoms. The molecule has 0 fully saturated rings. The Kier molecular flexibility index (Phi) is 6.62. The third-order valence-corrected chi connectivity index (χ3v) is 7.12. The number of anilines is 1. The zero-order chi connectivity index (χ0) is 26.9. The Morgan fingerprint density at radius 2 is 1.77 bits per heavy atom. The molecule has 1 unspecified atom stereocenters. The fraction of sp³-hybridized carbons (Fsp3) is 0.194. The Labute approximate surface area is 225 Å². The van der Waals surface area contributed by atoms with Crippen molar-refractivity contribution in [1.82, 2.24) is 15.1 Å². The van der Waals surface area contributed by atoms with E-state index in [1.807, 2.05) is 60.8 Å². The first-order valence-corrected chi connectivity index (χ1v) is 13.1. The number of benzene rings is 3. The second kappa shape index (κ2) is 10.4. The molecule has 1 aliphatic carbocycles. The number of allylic oxidation sites excluding steroid dienone is 1. The number of amides is 1. The minimum absolute atomic E-state index is 0.0584. The van der Waals surface area contributed by atoms with Gasteiger partial charge in [0, 0.05) is 36.0 Å². The van der Waals surface area contributed by atoms with Crippen LogP contribution in [0.5, 0.6) is 0 Å². The number of nitrogens with one attached hydrogen (secondary N) is 1. The summed E-state index contributed by atoms with van der Waals surface area (Å²) in [4.78, 5) is 13.7. The van der Waals surface area contributed by atoms with Crippen LogP contribution in [0.25, 0.3) is 5.69 Å². The van der Waals surface area contributed by atoms with Gasteiger partial charge >= 0.3 is 0 Å². The van der Waals surface area contributed by atoms with Gasteiger partial charge in [0.05, 0.1) is 16.9 Å². The summed E-state index contributed by atoms with van der Waals surface area (Å²) in [6.07, 6.45) is 6.68. The number of rotatable bonds is 8. The number of nitrogens with zero attached hydrogens (tertiary/aromatic N) is 4. The van der Waals surface area contributed by atoms with E-state index in [9.17, 15) is 4.79 Å². The molecule has 0 radical (unpaired) electrons. The average molecular weight is 524 g/mol. The first-order valence-electron chi connectivity index (χ1n) is 13.1. The van der Waals surface area contributed by atoms with E-state index in [2.05, 4.69) is 22.4 Å². The fourth-order valence-corrected chi connectivity index (χ4v) is 5.26. The highest BCUT2D eigenvalue weighted by Crippen LogP contribution is 2.40. The van der Waals surface area contributed by atoms with Crippen molar-refractivity contribution in [2.24, 2.45) is 5.10 Å². The van der Waals surface area contributed by atoms with Crippen LogP contribution in [0.4, 0.5) is 14.5 Å². The van der Waals surface area contributed by atoms with Crippen LogP contribution < -0.4 is 10.3 Å². The van der Waals surface area contributed by atoms with Crippen LogP contribution in [0.3, 0.4) is 0 Å². The number of halogens is 2. The highest BCUT2D eigenvalue weighted by atomic mass is 19.1. The van der Waals surface area contributed by atoms with Crippen LogP contribution in [-0.4, -0.2) is 27.9 Å². The Morgan fingerprint density at radius 1 is 0.974 bits per heavy atom. The van der Waals surface area contributed by atoms with Gasteiger partial charge in [-0.2, -0.15) is 15.2 Å². The molecule has 2 aliphatic rings. The van der Waals surface area contributed by atoms with E-state index < -0.39 is 17.6 Å². The molecule has 0 bridgehead atoms. The summed E-state index contributed by atoms with van der Waals surface area (Å²) in [7, 11) is 0. The molecular weight excluding hydrogens is 496 g/mol. The van der Waals surface area contributed by atoms with Crippen molar-refractivity contribution in [3.8, 4) is 5.69 Å². The van der Waals surface area contributed by atoms with E-state index in [-0.39, 0.29) is 22.7 Å². The highest BCUT2D eigenvalue weighted by molar-refractivity contribution is 6.36. The topological polar surface area (TPSA) is 62.5 Å². The molecule has 1 aliphatic heterocycles. The lowest BCUT2D eigenvalue weighted by Crippen LogP contribution is -2.26. The number of para-hydroxylation sites is 1. The van der Waals surface area contributed by atoms with Gasteiger partial charge in [-0.15, -0.1) is 0 Å². The maximum absolute atomic E-state index is 15.3. The number of carbonyl (C=O) groups is 1. The van der Waals surface area contributed by atoms with Crippen molar-refractivity contribution >= 4 is 17.3 Å². The monoisotopic (exact) mass is 523 g/mol. The lowest BCUT2D eigenvalue weighted by atomic mass is 9.79. The van der Waals surface area contributed by atoms with Gasteiger partial charge in [-0.25, -0.2) is 13.5 Å². The maximum atomic E-state index is 15.3. The molecule has 4 aromatic rings. The molecule has 1 atom stereocenters. The Balaban J connectivity index is 1.37. The second-order valence-corrected chi connectivity index (χ2v) is 9.70. The van der Waals surface area contributed by atoms with Crippen molar-refractivity contribution < 1.29 is 13.6 Å². The molecule has 0 saturated heterocycles. The van der Waals surface area contributed by atoms with Crippen LogP contribution in [0.1, 0.15) is 41.5 Å². The summed E-state index contributed by atoms with van der Waals surface area (Å²) >= 11 is 0. The Morgan fingerprint density at radius 3 is 2.54 bits per heavy atom. The van der Waals surface area contributed by atoms with E-state index >= 15 is 8.78 Å². The zero-order valence-corrected chi connectivity index (χ0v) is 21.4. The highest BCUT2D eigenvalue weighted by Gasteiger charge is 2.40. The molecular formula is C31H27F2N5O. The van der Waals surface area contributed by atoms with Crippen molar-refractivity contribution in [1.29, 1.82) is 0 Å². The molecule has 39 heavy (non-hydrogen) atoms. The van der Waals surface area contributed by atoms with Crippen molar-refractivity contribution in [3.63, 3.8) is 0 Å². The molecule has 2 heterocycles. The zero-order valence-electron chi connectivity index (χ0n) is 21.4. The number of aromatic nitrogens is 2. The predicted molar refractivity (Wildman–Crippen MR) is 147 cm³/mol. The number of hydrogen-bond acceptors (Lipinski definition) is 4. The molecule has 1 N–H and O–H groups in total. The predicted octanol–water partition coefficient (Wildman–Crippen LogP) is 5.67. The van der Waals surface area contributed by atoms with Gasteiger partial charge in [-0.1, -0.05) is 43.3 Å². The third kappa shape index (κ3) is 4.57. The first kappa shape index (κ1) is 24.9. The van der Waals surface area contributed by atoms with Crippen molar-refractivity contribution in [3.05, 3.63) is 125 Å². The molecule has 1 aromatic heterocycles. The first-order chi connectivity index (χ1) is 19.0. The van der Waals surface area contributed by atoms with Gasteiger partial charge in [0.2, 0.25) is 0 Å². The van der Waals surface area contributed by atoms with E-state index in [0.29, 0.717) is 24.2 Å². The summed E-state index contributed by atoms with van der Waals surface area (Å²) in [6.45, 7) is 3.49. The number of hydrazone groups is 1. The third-order valence-electron chi connectivity index (χ3n) is 7.12. The molecule has 1 amide bonds. The number of hydrogen-bond donors (Lipinski definition) is 1.